The Kier molecular flexibility index (Phi) is 3.84. The molecule has 0 fully saturated rings. The first-order valence-corrected chi connectivity index (χ1v) is 5.96. The molecule has 1 aliphatic carbocycles. The van der Waals surface area contributed by atoms with Crippen LogP contribution in [0.2, 0.25) is 0 Å². The number of carbonyl (C=O) groups excluding carboxylic acids is 1. The summed E-state index contributed by atoms with van der Waals surface area (Å²) in [6.07, 6.45) is 0.321. The topological polar surface area (TPSA) is 81.8 Å². The van der Waals surface area contributed by atoms with Gasteiger partial charge in [0.25, 0.3) is 0 Å². The van der Waals surface area contributed by atoms with Crippen LogP contribution in [0.25, 0.3) is 0 Å². The zero-order chi connectivity index (χ0) is 13.1. The largest absolute Gasteiger partial charge is 0.508 e. The molecule has 2 rings (SSSR count). The van der Waals surface area contributed by atoms with Crippen molar-refractivity contribution in [2.75, 3.05) is 13.2 Å². The van der Waals surface area contributed by atoms with Crippen molar-refractivity contribution in [2.45, 2.75) is 25.5 Å². The van der Waals surface area contributed by atoms with Gasteiger partial charge >= 0.3 is 5.97 Å². The zero-order valence-corrected chi connectivity index (χ0v) is 10.3. The Bertz CT molecular complexity index is 447. The predicted molar refractivity (Wildman–Crippen MR) is 65.1 cm³/mol. The van der Waals surface area contributed by atoms with Gasteiger partial charge in [-0.05, 0) is 36.6 Å². The average molecular weight is 251 g/mol. The highest BCUT2D eigenvalue weighted by atomic mass is 16.6. The first-order chi connectivity index (χ1) is 8.61. The Balaban J connectivity index is 2.04. The van der Waals surface area contributed by atoms with Gasteiger partial charge < -0.3 is 20.3 Å². The molecule has 0 heterocycles. The van der Waals surface area contributed by atoms with Gasteiger partial charge in [-0.25, -0.2) is 4.79 Å². The second-order valence-corrected chi connectivity index (χ2v) is 4.29. The van der Waals surface area contributed by atoms with E-state index in [0.717, 1.165) is 11.1 Å². The molecule has 2 atom stereocenters. The molecule has 0 bridgehead atoms. The summed E-state index contributed by atoms with van der Waals surface area (Å²) in [6.45, 7) is 1.98. The summed E-state index contributed by atoms with van der Waals surface area (Å²) in [6, 6.07) is 4.87. The van der Waals surface area contributed by atoms with Crippen molar-refractivity contribution in [1.82, 2.24) is 0 Å². The summed E-state index contributed by atoms with van der Waals surface area (Å²) < 4.78 is 10.3. The van der Waals surface area contributed by atoms with E-state index in [-0.39, 0.29) is 24.5 Å². The second kappa shape index (κ2) is 5.37. The maximum absolute atomic E-state index is 11.2. The minimum absolute atomic E-state index is 0.105. The molecule has 5 heteroatoms. The quantitative estimate of drug-likeness (QED) is 0.777. The summed E-state index contributed by atoms with van der Waals surface area (Å²) in [5.41, 5.74) is 7.88. The Morgan fingerprint density at radius 3 is 3.06 bits per heavy atom. The van der Waals surface area contributed by atoms with Crippen LogP contribution in [0.15, 0.2) is 18.2 Å². The van der Waals surface area contributed by atoms with Gasteiger partial charge in [0.05, 0.1) is 12.7 Å². The van der Waals surface area contributed by atoms with Crippen molar-refractivity contribution in [3.8, 4) is 5.75 Å². The number of esters is 1. The normalized spacial score (nSPS) is 21.7. The van der Waals surface area contributed by atoms with Gasteiger partial charge in [0.2, 0.25) is 0 Å². The van der Waals surface area contributed by atoms with Crippen LogP contribution < -0.4 is 5.73 Å². The molecule has 0 aliphatic heterocycles. The summed E-state index contributed by atoms with van der Waals surface area (Å²) >= 11 is 0. The van der Waals surface area contributed by atoms with Crippen molar-refractivity contribution in [2.24, 2.45) is 5.73 Å². The van der Waals surface area contributed by atoms with E-state index in [1.54, 1.807) is 25.1 Å². The Labute approximate surface area is 106 Å². The van der Waals surface area contributed by atoms with Gasteiger partial charge in [-0.15, -0.1) is 0 Å². The fraction of sp³-hybridized carbons (Fsp3) is 0.462. The number of phenols is 1. The molecule has 0 saturated heterocycles. The number of ether oxygens (including phenoxy) is 2. The number of aromatic hydroxyl groups is 1. The fourth-order valence-electron chi connectivity index (χ4n) is 2.21. The molecule has 2 unspecified atom stereocenters. The second-order valence-electron chi connectivity index (χ2n) is 4.29. The molecule has 5 nitrogen and oxygen atoms in total. The van der Waals surface area contributed by atoms with E-state index in [2.05, 4.69) is 0 Å². The van der Waals surface area contributed by atoms with E-state index in [1.165, 1.54) is 0 Å². The molecule has 18 heavy (non-hydrogen) atoms. The van der Waals surface area contributed by atoms with E-state index in [1.807, 2.05) is 0 Å². The van der Waals surface area contributed by atoms with E-state index < -0.39 is 5.97 Å². The van der Waals surface area contributed by atoms with E-state index in [4.69, 9.17) is 15.2 Å². The molecule has 1 aromatic rings. The van der Waals surface area contributed by atoms with Crippen LogP contribution in [0, 0.1) is 0 Å². The molecular formula is C13H17NO4. The van der Waals surface area contributed by atoms with Gasteiger partial charge in [-0.2, -0.15) is 0 Å². The SMILES string of the molecule is CCOC(=O)COC1c2ccc(O)cc2CC1N. The lowest BCUT2D eigenvalue weighted by molar-refractivity contribution is -0.150. The number of phenolic OH excluding ortho intramolecular Hbond substituents is 1. The fourth-order valence-corrected chi connectivity index (χ4v) is 2.21. The van der Waals surface area contributed by atoms with Gasteiger partial charge in [0.1, 0.15) is 12.4 Å². The Morgan fingerprint density at radius 1 is 1.56 bits per heavy atom. The summed E-state index contributed by atoms with van der Waals surface area (Å²) in [5.74, 6) is -0.177. The van der Waals surface area contributed by atoms with Crippen molar-refractivity contribution in [3.63, 3.8) is 0 Å². The van der Waals surface area contributed by atoms with Crippen LogP contribution in [-0.4, -0.2) is 30.3 Å². The smallest absolute Gasteiger partial charge is 0.332 e. The van der Waals surface area contributed by atoms with Crippen molar-refractivity contribution in [3.05, 3.63) is 29.3 Å². The summed E-state index contributed by atoms with van der Waals surface area (Å²) in [7, 11) is 0. The van der Waals surface area contributed by atoms with Crippen molar-refractivity contribution < 1.29 is 19.4 Å². The summed E-state index contributed by atoms with van der Waals surface area (Å²) in [5, 5.41) is 9.40. The van der Waals surface area contributed by atoms with Crippen LogP contribution in [0.5, 0.6) is 5.75 Å². The van der Waals surface area contributed by atoms with E-state index in [0.29, 0.717) is 13.0 Å². The maximum Gasteiger partial charge on any atom is 0.332 e. The van der Waals surface area contributed by atoms with Crippen molar-refractivity contribution >= 4 is 5.97 Å². The van der Waals surface area contributed by atoms with Crippen molar-refractivity contribution in [1.29, 1.82) is 0 Å². The van der Waals surface area contributed by atoms with Crippen LogP contribution in [0.1, 0.15) is 24.2 Å². The molecule has 3 N–H and O–H groups in total. The third-order valence-electron chi connectivity index (χ3n) is 2.96. The van der Waals surface area contributed by atoms with Crippen LogP contribution in [-0.2, 0) is 20.7 Å². The number of carbonyl (C=O) groups is 1. The molecule has 0 radical (unpaired) electrons. The third kappa shape index (κ3) is 2.63. The van der Waals surface area contributed by atoms with Gasteiger partial charge in [-0.1, -0.05) is 6.07 Å². The molecule has 0 amide bonds. The third-order valence-corrected chi connectivity index (χ3v) is 2.96. The van der Waals surface area contributed by atoms with Crippen LogP contribution in [0.3, 0.4) is 0 Å². The average Bonchev–Trinajstić information content (AvgIpc) is 2.61. The van der Waals surface area contributed by atoms with Gasteiger partial charge in [-0.3, -0.25) is 0 Å². The Hall–Kier alpha value is -1.59. The van der Waals surface area contributed by atoms with E-state index in [9.17, 15) is 9.90 Å². The standard InChI is InChI=1S/C13H17NO4/c1-2-17-12(16)7-18-13-10-4-3-9(15)5-8(10)6-11(13)14/h3-5,11,13,15H,2,6-7,14H2,1H3. The predicted octanol–water partition coefficient (Wildman–Crippen LogP) is 0.896. The highest BCUT2D eigenvalue weighted by molar-refractivity contribution is 5.70. The lowest BCUT2D eigenvalue weighted by atomic mass is 10.1. The minimum Gasteiger partial charge on any atom is -0.508 e. The number of rotatable bonds is 4. The first kappa shape index (κ1) is 12.9. The molecule has 98 valence electrons. The molecule has 0 aromatic heterocycles. The monoisotopic (exact) mass is 251 g/mol. The van der Waals surface area contributed by atoms with E-state index >= 15 is 0 Å². The highest BCUT2D eigenvalue weighted by Crippen LogP contribution is 2.35. The molecular weight excluding hydrogens is 234 g/mol. The highest BCUT2D eigenvalue weighted by Gasteiger charge is 2.31. The van der Waals surface area contributed by atoms with Crippen LogP contribution in [0.4, 0.5) is 0 Å². The summed E-state index contributed by atoms with van der Waals surface area (Å²) in [4.78, 5) is 11.2. The molecule has 0 saturated carbocycles. The lowest BCUT2D eigenvalue weighted by Crippen LogP contribution is -2.28. The maximum atomic E-state index is 11.2. The molecule has 1 aliphatic rings. The molecule has 0 spiro atoms. The number of benzene rings is 1. The number of hydrogen-bond donors (Lipinski definition) is 2. The van der Waals surface area contributed by atoms with Gasteiger partial charge in [0, 0.05) is 6.04 Å². The van der Waals surface area contributed by atoms with Crippen LogP contribution >= 0.6 is 0 Å². The Morgan fingerprint density at radius 2 is 2.33 bits per heavy atom. The number of fused-ring (bicyclic) bond motifs is 1. The minimum atomic E-state index is -0.392. The van der Waals surface area contributed by atoms with Gasteiger partial charge in [0.15, 0.2) is 0 Å². The lowest BCUT2D eigenvalue weighted by Gasteiger charge is -2.17. The zero-order valence-electron chi connectivity index (χ0n) is 10.3. The number of nitrogens with two attached hydrogens (primary N) is 1. The molecule has 1 aromatic carbocycles. The first-order valence-electron chi connectivity index (χ1n) is 5.96. The number of hydrogen-bond acceptors (Lipinski definition) is 5.